The van der Waals surface area contributed by atoms with Crippen molar-refractivity contribution in [3.05, 3.63) is 28.2 Å². The monoisotopic (exact) mass is 372 g/mol. The van der Waals surface area contributed by atoms with E-state index < -0.39 is 15.6 Å². The Labute approximate surface area is 132 Å². The molecule has 1 aromatic carbocycles. The van der Waals surface area contributed by atoms with Gasteiger partial charge in [0.2, 0.25) is 0 Å². The van der Waals surface area contributed by atoms with Crippen molar-refractivity contribution in [2.24, 2.45) is 5.14 Å². The van der Waals surface area contributed by atoms with Crippen molar-refractivity contribution in [1.82, 2.24) is 14.8 Å². The van der Waals surface area contributed by atoms with Crippen LogP contribution in [0.1, 0.15) is 26.3 Å². The number of hydrogen-bond acceptors (Lipinski definition) is 4. The quantitative estimate of drug-likeness (QED) is 0.875. The molecule has 0 spiro atoms. The van der Waals surface area contributed by atoms with Gasteiger partial charge in [-0.05, 0) is 51.5 Å². The SMILES string of the molecule is Cc1cc(Br)ccc1-c1nnc(S(N)(=O)=O)n1C(C)(C)C. The first-order valence-electron chi connectivity index (χ1n) is 6.27. The number of rotatable bonds is 2. The zero-order valence-electron chi connectivity index (χ0n) is 12.3. The van der Waals surface area contributed by atoms with Gasteiger partial charge >= 0.3 is 0 Å². The number of sulfonamides is 1. The molecule has 0 aliphatic heterocycles. The van der Waals surface area contributed by atoms with E-state index in [0.717, 1.165) is 15.6 Å². The predicted molar refractivity (Wildman–Crippen MR) is 84.3 cm³/mol. The molecular weight excluding hydrogens is 356 g/mol. The van der Waals surface area contributed by atoms with Gasteiger partial charge in [0.05, 0.1) is 0 Å². The normalized spacial score (nSPS) is 12.7. The molecule has 21 heavy (non-hydrogen) atoms. The average molecular weight is 373 g/mol. The van der Waals surface area contributed by atoms with Gasteiger partial charge in [0.1, 0.15) is 0 Å². The fourth-order valence-corrected chi connectivity index (χ4v) is 3.36. The summed E-state index contributed by atoms with van der Waals surface area (Å²) in [5.74, 6) is 0.483. The number of halogens is 1. The van der Waals surface area contributed by atoms with Crippen LogP contribution in [-0.2, 0) is 15.6 Å². The lowest BCUT2D eigenvalue weighted by molar-refractivity contribution is 0.366. The Morgan fingerprint density at radius 3 is 2.33 bits per heavy atom. The summed E-state index contributed by atoms with van der Waals surface area (Å²) in [6.45, 7) is 7.56. The maximum Gasteiger partial charge on any atom is 0.273 e. The third-order valence-electron chi connectivity index (χ3n) is 2.99. The van der Waals surface area contributed by atoms with E-state index >= 15 is 0 Å². The van der Waals surface area contributed by atoms with Gasteiger partial charge in [0, 0.05) is 15.6 Å². The summed E-state index contributed by atoms with van der Waals surface area (Å²) in [5, 5.41) is 12.9. The summed E-state index contributed by atoms with van der Waals surface area (Å²) in [7, 11) is -3.94. The first kappa shape index (κ1) is 16.1. The number of aryl methyl sites for hydroxylation is 1. The minimum Gasteiger partial charge on any atom is -0.291 e. The highest BCUT2D eigenvalue weighted by atomic mass is 79.9. The average Bonchev–Trinajstić information content (AvgIpc) is 2.72. The maximum absolute atomic E-state index is 11.7. The molecule has 8 heteroatoms. The Hall–Kier alpha value is -1.25. The molecule has 0 saturated carbocycles. The van der Waals surface area contributed by atoms with E-state index in [1.165, 1.54) is 0 Å². The summed E-state index contributed by atoms with van der Waals surface area (Å²) in [6.07, 6.45) is 0. The van der Waals surface area contributed by atoms with Crippen molar-refractivity contribution in [3.63, 3.8) is 0 Å². The van der Waals surface area contributed by atoms with Crippen molar-refractivity contribution in [3.8, 4) is 11.4 Å². The number of benzene rings is 1. The lowest BCUT2D eigenvalue weighted by Crippen LogP contribution is -2.29. The van der Waals surface area contributed by atoms with Crippen LogP contribution in [0.15, 0.2) is 27.8 Å². The highest BCUT2D eigenvalue weighted by molar-refractivity contribution is 9.10. The van der Waals surface area contributed by atoms with Crippen LogP contribution in [0.25, 0.3) is 11.4 Å². The highest BCUT2D eigenvalue weighted by Gasteiger charge is 2.29. The summed E-state index contributed by atoms with van der Waals surface area (Å²) < 4.78 is 26.0. The number of nitrogens with zero attached hydrogens (tertiary/aromatic N) is 3. The fourth-order valence-electron chi connectivity index (χ4n) is 2.11. The first-order valence-corrected chi connectivity index (χ1v) is 8.61. The van der Waals surface area contributed by atoms with Crippen molar-refractivity contribution < 1.29 is 8.42 Å². The van der Waals surface area contributed by atoms with E-state index in [1.54, 1.807) is 4.57 Å². The van der Waals surface area contributed by atoms with Crippen LogP contribution in [0, 0.1) is 6.92 Å². The predicted octanol–water partition coefficient (Wildman–Crippen LogP) is 2.42. The van der Waals surface area contributed by atoms with E-state index in [9.17, 15) is 8.42 Å². The first-order chi connectivity index (χ1) is 9.51. The lowest BCUT2D eigenvalue weighted by atomic mass is 10.1. The van der Waals surface area contributed by atoms with Crippen LogP contribution in [0.2, 0.25) is 0 Å². The molecule has 2 rings (SSSR count). The smallest absolute Gasteiger partial charge is 0.273 e. The van der Waals surface area contributed by atoms with Crippen molar-refractivity contribution in [2.45, 2.75) is 38.4 Å². The van der Waals surface area contributed by atoms with Gasteiger partial charge in [-0.1, -0.05) is 15.9 Å². The number of aromatic nitrogens is 3. The zero-order valence-corrected chi connectivity index (χ0v) is 14.7. The summed E-state index contributed by atoms with van der Waals surface area (Å²) in [6, 6.07) is 5.69. The van der Waals surface area contributed by atoms with E-state index in [4.69, 9.17) is 5.14 Å². The van der Waals surface area contributed by atoms with Crippen LogP contribution in [0.3, 0.4) is 0 Å². The molecule has 1 heterocycles. The summed E-state index contributed by atoms with van der Waals surface area (Å²) in [4.78, 5) is 0. The molecule has 2 N–H and O–H groups in total. The lowest BCUT2D eigenvalue weighted by Gasteiger charge is -2.24. The van der Waals surface area contributed by atoms with Crippen molar-refractivity contribution >= 4 is 26.0 Å². The van der Waals surface area contributed by atoms with Gasteiger partial charge < -0.3 is 0 Å². The zero-order chi connectivity index (χ0) is 16.0. The van der Waals surface area contributed by atoms with Crippen LogP contribution in [-0.4, -0.2) is 23.2 Å². The number of hydrogen-bond donors (Lipinski definition) is 1. The number of primary sulfonamides is 1. The topological polar surface area (TPSA) is 90.9 Å². The summed E-state index contributed by atoms with van der Waals surface area (Å²) in [5.41, 5.74) is 1.25. The molecule has 6 nitrogen and oxygen atoms in total. The Kier molecular flexibility index (Phi) is 3.98. The Morgan fingerprint density at radius 1 is 1.24 bits per heavy atom. The molecule has 0 bridgehead atoms. The molecule has 0 atom stereocenters. The van der Waals surface area contributed by atoms with Crippen LogP contribution in [0.4, 0.5) is 0 Å². The Morgan fingerprint density at radius 2 is 1.86 bits per heavy atom. The van der Waals surface area contributed by atoms with Crippen LogP contribution < -0.4 is 5.14 Å². The van der Waals surface area contributed by atoms with E-state index in [-0.39, 0.29) is 5.16 Å². The molecule has 0 aliphatic carbocycles. The molecular formula is C13H17BrN4O2S. The Balaban J connectivity index is 2.80. The molecule has 0 saturated heterocycles. The molecule has 114 valence electrons. The minimum absolute atomic E-state index is 0.229. The molecule has 0 fully saturated rings. The van der Waals surface area contributed by atoms with Gasteiger partial charge in [-0.2, -0.15) is 0 Å². The highest BCUT2D eigenvalue weighted by Crippen LogP contribution is 2.30. The van der Waals surface area contributed by atoms with Crippen LogP contribution in [0.5, 0.6) is 0 Å². The number of nitrogens with two attached hydrogens (primary N) is 1. The van der Waals surface area contributed by atoms with Crippen molar-refractivity contribution in [2.75, 3.05) is 0 Å². The fraction of sp³-hybridized carbons (Fsp3) is 0.385. The van der Waals surface area contributed by atoms with Crippen LogP contribution >= 0.6 is 15.9 Å². The van der Waals surface area contributed by atoms with Gasteiger partial charge in [0.25, 0.3) is 15.2 Å². The minimum atomic E-state index is -3.94. The van der Waals surface area contributed by atoms with Gasteiger partial charge in [-0.3, -0.25) is 4.57 Å². The molecule has 0 amide bonds. The van der Waals surface area contributed by atoms with Gasteiger partial charge in [0.15, 0.2) is 5.82 Å². The van der Waals surface area contributed by atoms with E-state index in [2.05, 4.69) is 26.1 Å². The second kappa shape index (κ2) is 5.19. The van der Waals surface area contributed by atoms with Gasteiger partial charge in [-0.25, -0.2) is 13.6 Å². The largest absolute Gasteiger partial charge is 0.291 e. The van der Waals surface area contributed by atoms with Crippen molar-refractivity contribution in [1.29, 1.82) is 0 Å². The summed E-state index contributed by atoms with van der Waals surface area (Å²) >= 11 is 3.41. The molecule has 0 radical (unpaired) electrons. The maximum atomic E-state index is 11.7. The standard InChI is InChI=1S/C13H17BrN4O2S/c1-8-7-9(14)5-6-10(8)11-16-17-12(21(15,19)20)18(11)13(2,3)4/h5-7H,1-4H3,(H2,15,19,20). The third kappa shape index (κ3) is 3.17. The van der Waals surface area contributed by atoms with E-state index in [0.29, 0.717) is 5.82 Å². The molecule has 0 aliphatic rings. The van der Waals surface area contributed by atoms with E-state index in [1.807, 2.05) is 45.9 Å². The third-order valence-corrected chi connectivity index (χ3v) is 4.25. The Bertz CT molecular complexity index is 791. The molecule has 2 aromatic rings. The molecule has 0 unspecified atom stereocenters. The van der Waals surface area contributed by atoms with Gasteiger partial charge in [-0.15, -0.1) is 10.2 Å². The second-order valence-corrected chi connectivity index (χ2v) is 8.19. The molecule has 1 aromatic heterocycles. The second-order valence-electron chi connectivity index (χ2n) is 5.82.